The van der Waals surface area contributed by atoms with Gasteiger partial charge in [-0.3, -0.25) is 19.3 Å². The summed E-state index contributed by atoms with van der Waals surface area (Å²) in [5.74, 6) is -1.20. The highest BCUT2D eigenvalue weighted by Gasteiger charge is 2.35. The van der Waals surface area contributed by atoms with Gasteiger partial charge >= 0.3 is 0 Å². The van der Waals surface area contributed by atoms with Crippen molar-refractivity contribution >= 4 is 56.5 Å². The summed E-state index contributed by atoms with van der Waals surface area (Å²) in [6, 6.07) is 12.6. The minimum absolute atomic E-state index is 0.0150. The van der Waals surface area contributed by atoms with E-state index in [1.807, 2.05) is 0 Å². The molecule has 1 saturated heterocycles. The maximum atomic E-state index is 13.3. The van der Waals surface area contributed by atoms with Gasteiger partial charge in [0.1, 0.15) is 5.82 Å². The maximum Gasteiger partial charge on any atom is 0.293 e. The molecule has 0 aliphatic carbocycles. The normalized spacial score (nSPS) is 15.2. The van der Waals surface area contributed by atoms with Crippen LogP contribution in [-0.4, -0.2) is 22.0 Å². The molecule has 2 aromatic rings. The van der Waals surface area contributed by atoms with Crippen LogP contribution in [0.4, 0.5) is 14.9 Å². The maximum absolute atomic E-state index is 13.3. The number of hydrogen-bond donors (Lipinski definition) is 1. The van der Waals surface area contributed by atoms with E-state index in [9.17, 15) is 18.8 Å². The van der Waals surface area contributed by atoms with Crippen molar-refractivity contribution in [2.75, 3.05) is 5.32 Å². The first-order valence-electron chi connectivity index (χ1n) is 8.09. The molecule has 0 radical (unpaired) electrons. The molecule has 1 N–H and O–H groups in total. The quantitative estimate of drug-likeness (QED) is 0.643. The topological polar surface area (TPSA) is 66.5 Å². The highest BCUT2D eigenvalue weighted by molar-refractivity contribution is 9.12. The summed E-state index contributed by atoms with van der Waals surface area (Å²) in [5.41, 5.74) is 1.81. The van der Waals surface area contributed by atoms with Gasteiger partial charge in [-0.05, 0) is 69.2 Å². The molecule has 5 nitrogen and oxygen atoms in total. The van der Waals surface area contributed by atoms with Gasteiger partial charge in [0.15, 0.2) is 0 Å². The number of halogens is 2. The van der Waals surface area contributed by atoms with Crippen molar-refractivity contribution in [3.63, 3.8) is 0 Å². The number of thioether (sulfide) groups is 1. The zero-order chi connectivity index (χ0) is 20.3. The van der Waals surface area contributed by atoms with E-state index in [-0.39, 0.29) is 21.8 Å². The number of imide groups is 1. The van der Waals surface area contributed by atoms with Crippen molar-refractivity contribution in [3.05, 3.63) is 81.4 Å². The number of anilines is 1. The first-order chi connectivity index (χ1) is 13.3. The average molecular weight is 461 g/mol. The molecule has 1 aliphatic rings. The van der Waals surface area contributed by atoms with Gasteiger partial charge in [0.25, 0.3) is 17.1 Å². The lowest BCUT2D eigenvalue weighted by molar-refractivity contribution is -0.123. The molecule has 0 saturated carbocycles. The van der Waals surface area contributed by atoms with Crippen molar-refractivity contribution < 1.29 is 18.8 Å². The fourth-order valence-electron chi connectivity index (χ4n) is 2.47. The van der Waals surface area contributed by atoms with E-state index >= 15 is 0 Å². The molecule has 1 aliphatic heterocycles. The summed E-state index contributed by atoms with van der Waals surface area (Å²) in [6.45, 7) is 3.51. The first-order valence-corrected chi connectivity index (χ1v) is 9.70. The Morgan fingerprint density at radius 2 is 1.93 bits per heavy atom. The van der Waals surface area contributed by atoms with E-state index in [1.54, 1.807) is 36.4 Å². The van der Waals surface area contributed by atoms with Gasteiger partial charge < -0.3 is 5.32 Å². The van der Waals surface area contributed by atoms with Gasteiger partial charge in [0.05, 0.1) is 15.9 Å². The zero-order valence-electron chi connectivity index (χ0n) is 14.4. The van der Waals surface area contributed by atoms with Gasteiger partial charge in [-0.1, -0.05) is 30.8 Å². The minimum atomic E-state index is -0.424. The van der Waals surface area contributed by atoms with Crippen LogP contribution in [0.1, 0.15) is 11.1 Å². The fourth-order valence-corrected chi connectivity index (χ4v) is 3.40. The molecule has 0 unspecified atom stereocenters. The third-order valence-corrected chi connectivity index (χ3v) is 5.08. The van der Waals surface area contributed by atoms with Crippen LogP contribution in [0.3, 0.4) is 0 Å². The molecule has 1 heterocycles. The summed E-state index contributed by atoms with van der Waals surface area (Å²) in [6.07, 6.45) is 1.60. The largest absolute Gasteiger partial charge is 0.322 e. The Balaban J connectivity index is 1.72. The Labute approximate surface area is 173 Å². The van der Waals surface area contributed by atoms with Gasteiger partial charge in [0, 0.05) is 5.69 Å². The molecule has 0 atom stereocenters. The number of nitrogens with zero attached hydrogens (tertiary/aromatic N) is 1. The van der Waals surface area contributed by atoms with Crippen LogP contribution in [0.2, 0.25) is 0 Å². The second-order valence-electron chi connectivity index (χ2n) is 5.88. The molecule has 0 bridgehead atoms. The van der Waals surface area contributed by atoms with Gasteiger partial charge in [0.2, 0.25) is 0 Å². The van der Waals surface area contributed by atoms with Gasteiger partial charge in [-0.25, -0.2) is 4.39 Å². The van der Waals surface area contributed by atoms with Gasteiger partial charge in [-0.15, -0.1) is 0 Å². The Kier molecular flexibility index (Phi) is 6.11. The second kappa shape index (κ2) is 8.53. The highest BCUT2D eigenvalue weighted by Crippen LogP contribution is 2.33. The van der Waals surface area contributed by atoms with Crippen LogP contribution in [-0.2, 0) is 16.1 Å². The fraction of sp³-hybridized carbons (Fsp3) is 0.0500. The van der Waals surface area contributed by atoms with Crippen LogP contribution in [0.5, 0.6) is 0 Å². The summed E-state index contributed by atoms with van der Waals surface area (Å²) in [4.78, 5) is 37.7. The predicted molar refractivity (Wildman–Crippen MR) is 111 cm³/mol. The molecule has 1 fully saturated rings. The summed E-state index contributed by atoms with van der Waals surface area (Å²) in [7, 11) is 0. The number of amides is 3. The van der Waals surface area contributed by atoms with Crippen LogP contribution >= 0.6 is 27.7 Å². The third-order valence-electron chi connectivity index (χ3n) is 3.82. The van der Waals surface area contributed by atoms with E-state index in [2.05, 4.69) is 27.8 Å². The molecule has 28 heavy (non-hydrogen) atoms. The molecular weight excluding hydrogens is 447 g/mol. The predicted octanol–water partition coefficient (Wildman–Crippen LogP) is 4.91. The average Bonchev–Trinajstić information content (AvgIpc) is 2.91. The van der Waals surface area contributed by atoms with Crippen molar-refractivity contribution in [3.8, 4) is 0 Å². The molecule has 8 heteroatoms. The smallest absolute Gasteiger partial charge is 0.293 e. The monoisotopic (exact) mass is 460 g/mol. The number of hydrogen-bond acceptors (Lipinski definition) is 4. The third kappa shape index (κ3) is 4.76. The standard InChI is InChI=1S/C20H14BrFN2O3S/c1-12(21)18(25)23-16-7-5-13(6-8-16)10-17-19(26)24(20(27)28-17)11-14-3-2-4-15(22)9-14/h2-10H,1,11H2,(H,23,25)/b17-10-. The lowest BCUT2D eigenvalue weighted by Crippen LogP contribution is -2.27. The van der Waals surface area contributed by atoms with Crippen LogP contribution in [0.15, 0.2) is 64.5 Å². The number of carbonyl (C=O) groups is 3. The van der Waals surface area contributed by atoms with E-state index in [0.29, 0.717) is 16.8 Å². The SMILES string of the molecule is C=C(Br)C(=O)Nc1ccc(/C=C2\SC(=O)N(Cc3cccc(F)c3)C2=O)cc1. The molecule has 3 amide bonds. The molecule has 0 aromatic heterocycles. The van der Waals surface area contributed by atoms with E-state index < -0.39 is 17.0 Å². The lowest BCUT2D eigenvalue weighted by Gasteiger charge is -2.12. The van der Waals surface area contributed by atoms with Crippen molar-refractivity contribution in [2.24, 2.45) is 0 Å². The molecular formula is C20H14BrFN2O3S. The molecule has 142 valence electrons. The number of benzene rings is 2. The zero-order valence-corrected chi connectivity index (χ0v) is 16.8. The lowest BCUT2D eigenvalue weighted by atomic mass is 10.2. The Morgan fingerprint density at radius 1 is 1.21 bits per heavy atom. The summed E-state index contributed by atoms with van der Waals surface area (Å²) >= 11 is 3.84. The first kappa shape index (κ1) is 20.0. The van der Waals surface area contributed by atoms with E-state index in [0.717, 1.165) is 16.7 Å². The number of carbonyl (C=O) groups excluding carboxylic acids is 3. The van der Waals surface area contributed by atoms with Crippen molar-refractivity contribution in [2.45, 2.75) is 6.54 Å². The van der Waals surface area contributed by atoms with Crippen molar-refractivity contribution in [1.29, 1.82) is 0 Å². The van der Waals surface area contributed by atoms with E-state index in [4.69, 9.17) is 0 Å². The summed E-state index contributed by atoms with van der Waals surface area (Å²) < 4.78 is 13.5. The van der Waals surface area contributed by atoms with E-state index in [1.165, 1.54) is 18.2 Å². The highest BCUT2D eigenvalue weighted by atomic mass is 79.9. The summed E-state index contributed by atoms with van der Waals surface area (Å²) in [5, 5.41) is 2.24. The number of rotatable bonds is 5. The Bertz CT molecular complexity index is 1000. The molecule has 0 spiro atoms. The molecule has 2 aromatic carbocycles. The number of nitrogens with one attached hydrogen (secondary N) is 1. The van der Waals surface area contributed by atoms with Crippen LogP contribution in [0.25, 0.3) is 6.08 Å². The Hall–Kier alpha value is -2.71. The minimum Gasteiger partial charge on any atom is -0.322 e. The van der Waals surface area contributed by atoms with Crippen LogP contribution < -0.4 is 5.32 Å². The Morgan fingerprint density at radius 3 is 2.57 bits per heavy atom. The van der Waals surface area contributed by atoms with Crippen LogP contribution in [0, 0.1) is 5.82 Å². The van der Waals surface area contributed by atoms with Crippen molar-refractivity contribution in [1.82, 2.24) is 4.90 Å². The molecule has 3 rings (SSSR count). The van der Waals surface area contributed by atoms with Gasteiger partial charge in [-0.2, -0.15) is 0 Å². The second-order valence-corrected chi connectivity index (χ2v) is 7.83.